The SMILES string of the molecule is CNc1n[nH]c(=O)c2[nH]cc(-c3oc4ccc(C)cc4c3C)c12. The molecule has 0 amide bonds. The number of furan rings is 1. The molecule has 116 valence electrons. The highest BCUT2D eigenvalue weighted by molar-refractivity contribution is 6.03. The van der Waals surface area contributed by atoms with Gasteiger partial charge in [0.15, 0.2) is 5.82 Å². The lowest BCUT2D eigenvalue weighted by Gasteiger charge is -2.02. The van der Waals surface area contributed by atoms with Gasteiger partial charge in [0.25, 0.3) is 5.56 Å². The number of aromatic nitrogens is 3. The molecule has 0 spiro atoms. The zero-order valence-corrected chi connectivity index (χ0v) is 13.1. The first-order valence-corrected chi connectivity index (χ1v) is 7.37. The van der Waals surface area contributed by atoms with Gasteiger partial charge in [-0.3, -0.25) is 4.79 Å². The van der Waals surface area contributed by atoms with Crippen LogP contribution in [0.4, 0.5) is 5.82 Å². The molecule has 3 aromatic heterocycles. The van der Waals surface area contributed by atoms with Gasteiger partial charge in [0.05, 0.1) is 5.39 Å². The Bertz CT molecular complexity index is 1100. The Kier molecular flexibility index (Phi) is 2.81. The molecule has 4 aromatic rings. The van der Waals surface area contributed by atoms with Crippen LogP contribution in [0.15, 0.2) is 33.6 Å². The first kappa shape index (κ1) is 13.6. The summed E-state index contributed by atoms with van der Waals surface area (Å²) in [6.45, 7) is 4.08. The molecule has 3 heterocycles. The quantitative estimate of drug-likeness (QED) is 0.530. The first-order valence-electron chi connectivity index (χ1n) is 7.37. The predicted octanol–water partition coefficient (Wildman–Crippen LogP) is 3.32. The largest absolute Gasteiger partial charge is 0.456 e. The van der Waals surface area contributed by atoms with Crippen LogP contribution in [-0.2, 0) is 0 Å². The summed E-state index contributed by atoms with van der Waals surface area (Å²) in [5.41, 5.74) is 4.12. The molecule has 0 aliphatic heterocycles. The number of rotatable bonds is 2. The van der Waals surface area contributed by atoms with Crippen molar-refractivity contribution in [1.29, 1.82) is 0 Å². The molecule has 0 bridgehead atoms. The summed E-state index contributed by atoms with van der Waals surface area (Å²) in [6.07, 6.45) is 1.79. The fourth-order valence-corrected chi connectivity index (χ4v) is 3.02. The van der Waals surface area contributed by atoms with Gasteiger partial charge in [0, 0.05) is 29.8 Å². The topological polar surface area (TPSA) is 86.7 Å². The summed E-state index contributed by atoms with van der Waals surface area (Å²) < 4.78 is 6.06. The lowest BCUT2D eigenvalue weighted by Crippen LogP contribution is -2.10. The van der Waals surface area contributed by atoms with Crippen LogP contribution in [0.5, 0.6) is 0 Å². The maximum absolute atomic E-state index is 12.0. The highest BCUT2D eigenvalue weighted by atomic mass is 16.3. The Morgan fingerprint density at radius 3 is 2.87 bits per heavy atom. The Morgan fingerprint density at radius 1 is 1.26 bits per heavy atom. The van der Waals surface area contributed by atoms with E-state index in [2.05, 4.69) is 33.5 Å². The summed E-state index contributed by atoms with van der Waals surface area (Å²) in [4.78, 5) is 15.0. The molecule has 0 aliphatic carbocycles. The third kappa shape index (κ3) is 1.88. The molecule has 0 unspecified atom stereocenters. The highest BCUT2D eigenvalue weighted by Gasteiger charge is 2.19. The maximum Gasteiger partial charge on any atom is 0.288 e. The molecule has 0 saturated heterocycles. The van der Waals surface area contributed by atoms with Gasteiger partial charge in [-0.25, -0.2) is 5.10 Å². The summed E-state index contributed by atoms with van der Waals surface area (Å²) in [5.74, 6) is 1.35. The molecule has 6 heteroatoms. The molecule has 23 heavy (non-hydrogen) atoms. The molecule has 3 N–H and O–H groups in total. The summed E-state index contributed by atoms with van der Waals surface area (Å²) in [5, 5.41) is 11.4. The first-order chi connectivity index (χ1) is 11.1. The van der Waals surface area contributed by atoms with Crippen LogP contribution in [0.1, 0.15) is 11.1 Å². The van der Waals surface area contributed by atoms with Crippen molar-refractivity contribution in [2.24, 2.45) is 0 Å². The second-order valence-corrected chi connectivity index (χ2v) is 5.66. The maximum atomic E-state index is 12.0. The number of fused-ring (bicyclic) bond motifs is 2. The van der Waals surface area contributed by atoms with E-state index < -0.39 is 0 Å². The standard InChI is InChI=1S/C17H16N4O2/c1-8-4-5-12-10(6-8)9(2)15(23-12)11-7-19-14-13(11)16(18-3)20-21-17(14)22/h4-7,19H,1-3H3,(H,18,20)(H,21,22). The third-order valence-corrected chi connectivity index (χ3v) is 4.19. The fourth-order valence-electron chi connectivity index (χ4n) is 3.02. The lowest BCUT2D eigenvalue weighted by molar-refractivity contribution is 0.630. The molecular formula is C17H16N4O2. The molecule has 0 radical (unpaired) electrons. The number of nitrogens with zero attached hydrogens (tertiary/aromatic N) is 1. The van der Waals surface area contributed by atoms with Crippen LogP contribution in [0.3, 0.4) is 0 Å². The van der Waals surface area contributed by atoms with Gasteiger partial charge in [-0.1, -0.05) is 11.6 Å². The van der Waals surface area contributed by atoms with Crippen LogP contribution in [0.25, 0.3) is 33.2 Å². The minimum Gasteiger partial charge on any atom is -0.456 e. The van der Waals surface area contributed by atoms with Gasteiger partial charge in [0.2, 0.25) is 0 Å². The second kappa shape index (κ2) is 4.74. The second-order valence-electron chi connectivity index (χ2n) is 5.66. The summed E-state index contributed by atoms with van der Waals surface area (Å²) >= 11 is 0. The molecule has 0 aliphatic rings. The van der Waals surface area contributed by atoms with Crippen molar-refractivity contribution in [2.75, 3.05) is 12.4 Å². The van der Waals surface area contributed by atoms with E-state index in [0.717, 1.165) is 33.2 Å². The number of aryl methyl sites for hydroxylation is 2. The smallest absolute Gasteiger partial charge is 0.288 e. The molecule has 6 nitrogen and oxygen atoms in total. The normalized spacial score (nSPS) is 11.4. The number of anilines is 1. The molecule has 0 saturated carbocycles. The van der Waals surface area contributed by atoms with E-state index in [-0.39, 0.29) is 5.56 Å². The van der Waals surface area contributed by atoms with Crippen LogP contribution in [-0.4, -0.2) is 22.2 Å². The van der Waals surface area contributed by atoms with Crippen LogP contribution >= 0.6 is 0 Å². The van der Waals surface area contributed by atoms with Crippen molar-refractivity contribution in [3.63, 3.8) is 0 Å². The van der Waals surface area contributed by atoms with Crippen molar-refractivity contribution < 1.29 is 4.42 Å². The number of benzene rings is 1. The Hall–Kier alpha value is -3.02. The zero-order chi connectivity index (χ0) is 16.1. The summed E-state index contributed by atoms with van der Waals surface area (Å²) in [6, 6.07) is 6.10. The van der Waals surface area contributed by atoms with Crippen LogP contribution < -0.4 is 10.9 Å². The van der Waals surface area contributed by atoms with Gasteiger partial charge in [-0.05, 0) is 26.0 Å². The molecule has 1 aromatic carbocycles. The zero-order valence-electron chi connectivity index (χ0n) is 13.1. The number of hydrogen-bond acceptors (Lipinski definition) is 4. The van der Waals surface area contributed by atoms with E-state index in [4.69, 9.17) is 4.42 Å². The fraction of sp³-hybridized carbons (Fsp3) is 0.176. The highest BCUT2D eigenvalue weighted by Crippen LogP contribution is 2.38. The van der Waals surface area contributed by atoms with Crippen molar-refractivity contribution >= 4 is 27.7 Å². The lowest BCUT2D eigenvalue weighted by atomic mass is 10.1. The number of aromatic amines is 2. The van der Waals surface area contributed by atoms with Crippen molar-refractivity contribution in [2.45, 2.75) is 13.8 Å². The van der Waals surface area contributed by atoms with Gasteiger partial charge in [0.1, 0.15) is 16.9 Å². The van der Waals surface area contributed by atoms with Gasteiger partial charge >= 0.3 is 0 Å². The Labute approximate surface area is 131 Å². The number of nitrogens with one attached hydrogen (secondary N) is 3. The van der Waals surface area contributed by atoms with Gasteiger partial charge < -0.3 is 14.7 Å². The molecule has 4 rings (SSSR count). The third-order valence-electron chi connectivity index (χ3n) is 4.19. The summed E-state index contributed by atoms with van der Waals surface area (Å²) in [7, 11) is 1.77. The van der Waals surface area contributed by atoms with Crippen LogP contribution in [0.2, 0.25) is 0 Å². The molecule has 0 atom stereocenters. The van der Waals surface area contributed by atoms with Gasteiger partial charge in [-0.15, -0.1) is 0 Å². The van der Waals surface area contributed by atoms with E-state index >= 15 is 0 Å². The van der Waals surface area contributed by atoms with Crippen molar-refractivity contribution in [1.82, 2.24) is 15.2 Å². The van der Waals surface area contributed by atoms with E-state index in [9.17, 15) is 4.79 Å². The minimum atomic E-state index is -0.255. The van der Waals surface area contributed by atoms with Crippen molar-refractivity contribution in [3.05, 3.63) is 45.9 Å². The number of hydrogen-bond donors (Lipinski definition) is 3. The van der Waals surface area contributed by atoms with E-state index in [1.165, 1.54) is 5.56 Å². The van der Waals surface area contributed by atoms with Crippen LogP contribution in [0, 0.1) is 13.8 Å². The average molecular weight is 308 g/mol. The van der Waals surface area contributed by atoms with Crippen molar-refractivity contribution in [3.8, 4) is 11.3 Å². The van der Waals surface area contributed by atoms with E-state index in [1.807, 2.05) is 19.1 Å². The predicted molar refractivity (Wildman–Crippen MR) is 90.9 cm³/mol. The Morgan fingerprint density at radius 2 is 2.09 bits per heavy atom. The van der Waals surface area contributed by atoms with E-state index in [0.29, 0.717) is 11.3 Å². The number of H-pyrrole nitrogens is 2. The minimum absolute atomic E-state index is 0.255. The Balaban J connectivity index is 2.09. The van der Waals surface area contributed by atoms with Gasteiger partial charge in [-0.2, -0.15) is 5.10 Å². The average Bonchev–Trinajstić information content (AvgIpc) is 3.11. The molecule has 0 fully saturated rings. The van der Waals surface area contributed by atoms with E-state index in [1.54, 1.807) is 13.2 Å². The monoisotopic (exact) mass is 308 g/mol. The molecular weight excluding hydrogens is 292 g/mol.